The van der Waals surface area contributed by atoms with Crippen molar-refractivity contribution in [1.82, 2.24) is 0 Å². The second-order valence-electron chi connectivity index (χ2n) is 6.27. The van der Waals surface area contributed by atoms with E-state index in [0.717, 1.165) is 17.7 Å². The predicted octanol–water partition coefficient (Wildman–Crippen LogP) is 3.53. The van der Waals surface area contributed by atoms with E-state index in [2.05, 4.69) is 22.4 Å². The van der Waals surface area contributed by atoms with E-state index in [4.69, 9.17) is 26.8 Å². The van der Waals surface area contributed by atoms with E-state index in [1.54, 1.807) is 0 Å². The molecule has 130 valence electrons. The highest BCUT2D eigenvalue weighted by atomic mass is 35.5. The SMILES string of the molecule is NC(=NCc1cc(Cl)c2c(c1)OCCO2)Nc1ccc2c(c1)CCC2. The lowest BCUT2D eigenvalue weighted by Crippen LogP contribution is -2.22. The summed E-state index contributed by atoms with van der Waals surface area (Å²) in [5, 5.41) is 3.69. The van der Waals surface area contributed by atoms with Gasteiger partial charge < -0.3 is 20.5 Å². The summed E-state index contributed by atoms with van der Waals surface area (Å²) in [6.45, 7) is 1.46. The fraction of sp³-hybridized carbons (Fsp3) is 0.316. The van der Waals surface area contributed by atoms with E-state index in [1.165, 1.54) is 24.0 Å². The third-order valence-electron chi connectivity index (χ3n) is 4.46. The molecule has 5 nitrogen and oxygen atoms in total. The van der Waals surface area contributed by atoms with Crippen LogP contribution in [0.1, 0.15) is 23.1 Å². The van der Waals surface area contributed by atoms with Crippen molar-refractivity contribution < 1.29 is 9.47 Å². The predicted molar refractivity (Wildman–Crippen MR) is 99.9 cm³/mol. The maximum atomic E-state index is 6.25. The van der Waals surface area contributed by atoms with Crippen LogP contribution in [0.25, 0.3) is 0 Å². The molecule has 2 aromatic carbocycles. The van der Waals surface area contributed by atoms with Gasteiger partial charge >= 0.3 is 0 Å². The lowest BCUT2D eigenvalue weighted by molar-refractivity contribution is 0.171. The van der Waals surface area contributed by atoms with Gasteiger partial charge in [-0.15, -0.1) is 0 Å². The second kappa shape index (κ2) is 6.84. The van der Waals surface area contributed by atoms with Gasteiger partial charge in [-0.25, -0.2) is 4.99 Å². The molecule has 0 saturated carbocycles. The van der Waals surface area contributed by atoms with Crippen LogP contribution in [0.4, 0.5) is 5.69 Å². The minimum atomic E-state index is 0.379. The van der Waals surface area contributed by atoms with Crippen molar-refractivity contribution in [3.8, 4) is 11.5 Å². The third kappa shape index (κ3) is 3.51. The van der Waals surface area contributed by atoms with E-state index in [-0.39, 0.29) is 0 Å². The van der Waals surface area contributed by atoms with Crippen LogP contribution in [0.5, 0.6) is 11.5 Å². The standard InChI is InChI=1S/C19H20ClN3O2/c20-16-8-12(9-17-18(16)25-7-6-24-17)11-22-19(21)23-15-5-4-13-2-1-3-14(13)10-15/h4-5,8-10H,1-3,6-7,11H2,(H3,21,22,23). The monoisotopic (exact) mass is 357 g/mol. The molecule has 0 atom stereocenters. The third-order valence-corrected chi connectivity index (χ3v) is 4.74. The highest BCUT2D eigenvalue weighted by Crippen LogP contribution is 2.38. The number of rotatable bonds is 3. The Labute approximate surface area is 151 Å². The van der Waals surface area contributed by atoms with Gasteiger partial charge in [-0.05, 0) is 60.2 Å². The Morgan fingerprint density at radius 3 is 2.88 bits per heavy atom. The molecule has 6 heteroatoms. The molecule has 0 unspecified atom stereocenters. The molecule has 2 aliphatic rings. The lowest BCUT2D eigenvalue weighted by Gasteiger charge is -2.20. The average molecular weight is 358 g/mol. The van der Waals surface area contributed by atoms with Crippen molar-refractivity contribution in [3.05, 3.63) is 52.0 Å². The Kier molecular flexibility index (Phi) is 4.40. The number of aryl methyl sites for hydroxylation is 2. The summed E-state index contributed by atoms with van der Waals surface area (Å²) in [6.07, 6.45) is 3.54. The summed E-state index contributed by atoms with van der Waals surface area (Å²) < 4.78 is 11.1. The summed E-state index contributed by atoms with van der Waals surface area (Å²) in [5.74, 6) is 1.64. The molecule has 4 rings (SSSR count). The molecular formula is C19H20ClN3O2. The fourth-order valence-corrected chi connectivity index (χ4v) is 3.56. The average Bonchev–Trinajstić information content (AvgIpc) is 3.08. The zero-order valence-corrected chi connectivity index (χ0v) is 14.6. The number of aliphatic imine (C=N–C) groups is 1. The van der Waals surface area contributed by atoms with Gasteiger partial charge in [0.25, 0.3) is 0 Å². The number of anilines is 1. The molecule has 25 heavy (non-hydrogen) atoms. The second-order valence-corrected chi connectivity index (χ2v) is 6.67. The zero-order chi connectivity index (χ0) is 17.2. The van der Waals surface area contributed by atoms with Crippen molar-refractivity contribution in [2.75, 3.05) is 18.5 Å². The van der Waals surface area contributed by atoms with E-state index < -0.39 is 0 Å². The highest BCUT2D eigenvalue weighted by Gasteiger charge is 2.16. The van der Waals surface area contributed by atoms with Crippen molar-refractivity contribution in [1.29, 1.82) is 0 Å². The van der Waals surface area contributed by atoms with Crippen LogP contribution in [-0.2, 0) is 19.4 Å². The Hall–Kier alpha value is -2.40. The number of guanidine groups is 1. The smallest absolute Gasteiger partial charge is 0.193 e. The van der Waals surface area contributed by atoms with Gasteiger partial charge in [-0.2, -0.15) is 0 Å². The van der Waals surface area contributed by atoms with Crippen LogP contribution in [0, 0.1) is 0 Å². The number of benzene rings is 2. The van der Waals surface area contributed by atoms with Crippen LogP contribution < -0.4 is 20.5 Å². The Morgan fingerprint density at radius 1 is 1.12 bits per heavy atom. The molecule has 0 saturated heterocycles. The van der Waals surface area contributed by atoms with Gasteiger partial charge in [0.2, 0.25) is 0 Å². The summed E-state index contributed by atoms with van der Waals surface area (Å²) in [7, 11) is 0. The first kappa shape index (κ1) is 16.1. The van der Waals surface area contributed by atoms with E-state index in [0.29, 0.717) is 42.2 Å². The number of nitrogens with two attached hydrogens (primary N) is 1. The van der Waals surface area contributed by atoms with Crippen molar-refractivity contribution in [2.45, 2.75) is 25.8 Å². The minimum absolute atomic E-state index is 0.379. The van der Waals surface area contributed by atoms with E-state index in [9.17, 15) is 0 Å². The van der Waals surface area contributed by atoms with E-state index >= 15 is 0 Å². The number of nitrogens with zero attached hydrogens (tertiary/aromatic N) is 1. The summed E-state index contributed by atoms with van der Waals surface area (Å²) in [5.41, 5.74) is 10.8. The molecule has 0 amide bonds. The Morgan fingerprint density at radius 2 is 1.96 bits per heavy atom. The fourth-order valence-electron chi connectivity index (χ4n) is 3.27. The van der Waals surface area contributed by atoms with Gasteiger partial charge in [-0.3, -0.25) is 0 Å². The van der Waals surface area contributed by atoms with Gasteiger partial charge in [0.15, 0.2) is 17.5 Å². The number of halogens is 1. The maximum Gasteiger partial charge on any atom is 0.193 e. The van der Waals surface area contributed by atoms with Crippen LogP contribution in [0.15, 0.2) is 35.3 Å². The summed E-state index contributed by atoms with van der Waals surface area (Å²) in [6, 6.07) is 10.1. The minimum Gasteiger partial charge on any atom is -0.486 e. The molecule has 1 aliphatic heterocycles. The van der Waals surface area contributed by atoms with Crippen LogP contribution in [0.2, 0.25) is 5.02 Å². The molecular weight excluding hydrogens is 338 g/mol. The van der Waals surface area contributed by atoms with Crippen molar-refractivity contribution in [3.63, 3.8) is 0 Å². The zero-order valence-electron chi connectivity index (χ0n) is 13.8. The van der Waals surface area contributed by atoms with E-state index in [1.807, 2.05) is 18.2 Å². The number of hydrogen-bond donors (Lipinski definition) is 2. The first-order valence-electron chi connectivity index (χ1n) is 8.46. The Bertz CT molecular complexity index is 836. The highest BCUT2D eigenvalue weighted by molar-refractivity contribution is 6.32. The summed E-state index contributed by atoms with van der Waals surface area (Å²) >= 11 is 6.25. The van der Waals surface area contributed by atoms with Crippen LogP contribution >= 0.6 is 11.6 Å². The molecule has 2 aromatic rings. The first-order valence-corrected chi connectivity index (χ1v) is 8.83. The van der Waals surface area contributed by atoms with Gasteiger partial charge in [0, 0.05) is 5.69 Å². The lowest BCUT2D eigenvalue weighted by atomic mass is 10.1. The quantitative estimate of drug-likeness (QED) is 0.651. The van der Waals surface area contributed by atoms with Crippen molar-refractivity contribution >= 4 is 23.2 Å². The first-order chi connectivity index (χ1) is 12.2. The molecule has 1 heterocycles. The van der Waals surface area contributed by atoms with Gasteiger partial charge in [0.05, 0.1) is 11.6 Å². The largest absolute Gasteiger partial charge is 0.486 e. The number of fused-ring (bicyclic) bond motifs is 2. The molecule has 0 bridgehead atoms. The number of hydrogen-bond acceptors (Lipinski definition) is 3. The number of ether oxygens (including phenoxy) is 2. The molecule has 0 aromatic heterocycles. The Balaban J connectivity index is 1.45. The van der Waals surface area contributed by atoms with Crippen LogP contribution in [0.3, 0.4) is 0 Å². The molecule has 1 aliphatic carbocycles. The molecule has 0 spiro atoms. The molecule has 0 fully saturated rings. The van der Waals surface area contributed by atoms with Gasteiger partial charge in [0.1, 0.15) is 13.2 Å². The normalized spacial score (nSPS) is 15.8. The maximum absolute atomic E-state index is 6.25. The summed E-state index contributed by atoms with van der Waals surface area (Å²) in [4.78, 5) is 4.40. The van der Waals surface area contributed by atoms with Crippen LogP contribution in [-0.4, -0.2) is 19.2 Å². The van der Waals surface area contributed by atoms with Crippen molar-refractivity contribution in [2.24, 2.45) is 10.7 Å². The molecule has 0 radical (unpaired) electrons. The number of nitrogens with one attached hydrogen (secondary N) is 1. The van der Waals surface area contributed by atoms with Gasteiger partial charge in [-0.1, -0.05) is 17.7 Å². The topological polar surface area (TPSA) is 68.9 Å². The molecule has 3 N–H and O–H groups in total.